The van der Waals surface area contributed by atoms with E-state index in [1.165, 1.54) is 24.2 Å². The Morgan fingerprint density at radius 1 is 1.53 bits per heavy atom. The van der Waals surface area contributed by atoms with E-state index in [0.29, 0.717) is 13.2 Å². The SMILES string of the molecule is CCOC(=O)C(C)Cn1cnc2c1CCCC2. The first-order valence-electron chi connectivity index (χ1n) is 6.42. The summed E-state index contributed by atoms with van der Waals surface area (Å²) in [5.41, 5.74) is 2.53. The molecule has 0 saturated heterocycles. The summed E-state index contributed by atoms with van der Waals surface area (Å²) in [5.74, 6) is -0.221. The van der Waals surface area contributed by atoms with Crippen molar-refractivity contribution in [1.82, 2.24) is 9.55 Å². The normalized spacial score (nSPS) is 16.4. The van der Waals surface area contributed by atoms with Crippen LogP contribution in [0.4, 0.5) is 0 Å². The van der Waals surface area contributed by atoms with Crippen LogP contribution < -0.4 is 0 Å². The summed E-state index contributed by atoms with van der Waals surface area (Å²) in [5, 5.41) is 0. The number of ether oxygens (including phenoxy) is 1. The van der Waals surface area contributed by atoms with Gasteiger partial charge in [0.1, 0.15) is 0 Å². The van der Waals surface area contributed by atoms with Crippen molar-refractivity contribution in [2.45, 2.75) is 46.1 Å². The maximum atomic E-state index is 11.6. The van der Waals surface area contributed by atoms with Crippen LogP contribution in [0.5, 0.6) is 0 Å². The lowest BCUT2D eigenvalue weighted by atomic mass is 10.0. The first-order valence-corrected chi connectivity index (χ1v) is 6.42. The zero-order chi connectivity index (χ0) is 12.3. The predicted octanol–water partition coefficient (Wildman–Crippen LogP) is 1.96. The Bertz CT molecular complexity index is 398. The van der Waals surface area contributed by atoms with Crippen LogP contribution in [-0.4, -0.2) is 22.1 Å². The fourth-order valence-corrected chi connectivity index (χ4v) is 2.34. The van der Waals surface area contributed by atoms with Crippen molar-refractivity contribution in [2.75, 3.05) is 6.61 Å². The van der Waals surface area contributed by atoms with Crippen molar-refractivity contribution in [3.8, 4) is 0 Å². The van der Waals surface area contributed by atoms with Crippen LogP contribution >= 0.6 is 0 Å². The Morgan fingerprint density at radius 2 is 2.29 bits per heavy atom. The standard InChI is InChI=1S/C13H20N2O2/c1-3-17-13(16)10(2)8-15-9-14-11-6-4-5-7-12(11)15/h9-10H,3-8H2,1-2H3. The highest BCUT2D eigenvalue weighted by Gasteiger charge is 2.19. The first-order chi connectivity index (χ1) is 8.22. The van der Waals surface area contributed by atoms with Crippen LogP contribution in [0.1, 0.15) is 38.1 Å². The van der Waals surface area contributed by atoms with Gasteiger partial charge < -0.3 is 9.30 Å². The van der Waals surface area contributed by atoms with Crippen LogP contribution in [0.3, 0.4) is 0 Å². The summed E-state index contributed by atoms with van der Waals surface area (Å²) in [6.45, 7) is 4.88. The van der Waals surface area contributed by atoms with Gasteiger partial charge in [-0.05, 0) is 32.6 Å². The zero-order valence-electron chi connectivity index (χ0n) is 10.6. The summed E-state index contributed by atoms with van der Waals surface area (Å²) >= 11 is 0. The van der Waals surface area contributed by atoms with E-state index in [0.717, 1.165) is 12.8 Å². The van der Waals surface area contributed by atoms with E-state index in [-0.39, 0.29) is 11.9 Å². The number of carbonyl (C=O) groups excluding carboxylic acids is 1. The maximum Gasteiger partial charge on any atom is 0.310 e. The molecule has 0 N–H and O–H groups in total. The van der Waals surface area contributed by atoms with Gasteiger partial charge in [-0.2, -0.15) is 0 Å². The molecule has 0 amide bonds. The molecular weight excluding hydrogens is 216 g/mol. The van der Waals surface area contributed by atoms with Gasteiger partial charge in [-0.1, -0.05) is 6.92 Å². The van der Waals surface area contributed by atoms with Gasteiger partial charge in [0.05, 0.1) is 24.5 Å². The number of esters is 1. The number of rotatable bonds is 4. The molecule has 1 heterocycles. The molecule has 94 valence electrons. The minimum absolute atomic E-state index is 0.102. The lowest BCUT2D eigenvalue weighted by Crippen LogP contribution is -2.21. The molecule has 1 atom stereocenters. The summed E-state index contributed by atoms with van der Waals surface area (Å²) in [6.07, 6.45) is 6.50. The molecule has 0 saturated carbocycles. The smallest absolute Gasteiger partial charge is 0.310 e. The van der Waals surface area contributed by atoms with Crippen LogP contribution in [0, 0.1) is 5.92 Å². The summed E-state index contributed by atoms with van der Waals surface area (Å²) < 4.78 is 7.14. The number of nitrogens with zero attached hydrogens (tertiary/aromatic N) is 2. The monoisotopic (exact) mass is 236 g/mol. The van der Waals surface area contributed by atoms with E-state index in [4.69, 9.17) is 4.74 Å². The molecule has 1 aliphatic carbocycles. The van der Waals surface area contributed by atoms with Crippen molar-refractivity contribution in [1.29, 1.82) is 0 Å². The van der Waals surface area contributed by atoms with Gasteiger partial charge in [-0.25, -0.2) is 4.98 Å². The molecular formula is C13H20N2O2. The van der Waals surface area contributed by atoms with Gasteiger partial charge in [0, 0.05) is 12.2 Å². The number of imidazole rings is 1. The Morgan fingerprint density at radius 3 is 3.06 bits per heavy atom. The van der Waals surface area contributed by atoms with Gasteiger partial charge in [0.2, 0.25) is 0 Å². The molecule has 2 rings (SSSR count). The number of aryl methyl sites for hydroxylation is 1. The Balaban J connectivity index is 2.03. The Kier molecular flexibility index (Phi) is 3.82. The van der Waals surface area contributed by atoms with E-state index in [2.05, 4.69) is 9.55 Å². The quantitative estimate of drug-likeness (QED) is 0.751. The summed E-state index contributed by atoms with van der Waals surface area (Å²) in [6, 6.07) is 0. The lowest BCUT2D eigenvalue weighted by Gasteiger charge is -2.16. The Labute approximate surface area is 102 Å². The van der Waals surface area contributed by atoms with Crippen LogP contribution in [-0.2, 0) is 28.9 Å². The number of hydrogen-bond donors (Lipinski definition) is 0. The van der Waals surface area contributed by atoms with Crippen LogP contribution in [0.2, 0.25) is 0 Å². The van der Waals surface area contributed by atoms with Crippen molar-refractivity contribution in [3.63, 3.8) is 0 Å². The van der Waals surface area contributed by atoms with E-state index in [1.54, 1.807) is 0 Å². The van der Waals surface area contributed by atoms with E-state index < -0.39 is 0 Å². The molecule has 17 heavy (non-hydrogen) atoms. The van der Waals surface area contributed by atoms with Crippen molar-refractivity contribution < 1.29 is 9.53 Å². The minimum atomic E-state index is -0.120. The minimum Gasteiger partial charge on any atom is -0.466 e. The average Bonchev–Trinajstić information content (AvgIpc) is 2.73. The third-order valence-corrected chi connectivity index (χ3v) is 3.27. The second kappa shape index (κ2) is 5.34. The largest absolute Gasteiger partial charge is 0.466 e. The van der Waals surface area contributed by atoms with E-state index >= 15 is 0 Å². The molecule has 0 fully saturated rings. The fourth-order valence-electron chi connectivity index (χ4n) is 2.34. The number of hydrogen-bond acceptors (Lipinski definition) is 3. The van der Waals surface area contributed by atoms with Gasteiger partial charge in [-0.15, -0.1) is 0 Å². The highest BCUT2D eigenvalue weighted by Crippen LogP contribution is 2.20. The molecule has 1 unspecified atom stereocenters. The third-order valence-electron chi connectivity index (χ3n) is 3.27. The molecule has 0 aliphatic heterocycles. The second-order valence-corrected chi connectivity index (χ2v) is 4.65. The molecule has 0 aromatic carbocycles. The Hall–Kier alpha value is -1.32. The zero-order valence-corrected chi connectivity index (χ0v) is 10.6. The van der Waals surface area contributed by atoms with Crippen LogP contribution in [0.15, 0.2) is 6.33 Å². The maximum absolute atomic E-state index is 11.6. The van der Waals surface area contributed by atoms with Crippen molar-refractivity contribution >= 4 is 5.97 Å². The van der Waals surface area contributed by atoms with Gasteiger partial charge in [0.15, 0.2) is 0 Å². The van der Waals surface area contributed by atoms with Crippen molar-refractivity contribution in [3.05, 3.63) is 17.7 Å². The van der Waals surface area contributed by atoms with E-state index in [9.17, 15) is 4.79 Å². The van der Waals surface area contributed by atoms with Crippen molar-refractivity contribution in [2.24, 2.45) is 5.92 Å². The topological polar surface area (TPSA) is 44.1 Å². The first kappa shape index (κ1) is 12.1. The van der Waals surface area contributed by atoms with Gasteiger partial charge in [-0.3, -0.25) is 4.79 Å². The number of carbonyl (C=O) groups is 1. The average molecular weight is 236 g/mol. The van der Waals surface area contributed by atoms with Gasteiger partial charge in [0.25, 0.3) is 0 Å². The second-order valence-electron chi connectivity index (χ2n) is 4.65. The summed E-state index contributed by atoms with van der Waals surface area (Å²) in [7, 11) is 0. The molecule has 4 heteroatoms. The van der Waals surface area contributed by atoms with E-state index in [1.807, 2.05) is 20.2 Å². The predicted molar refractivity (Wildman–Crippen MR) is 64.7 cm³/mol. The fraction of sp³-hybridized carbons (Fsp3) is 0.692. The molecule has 1 aromatic heterocycles. The highest BCUT2D eigenvalue weighted by atomic mass is 16.5. The van der Waals surface area contributed by atoms with Gasteiger partial charge >= 0.3 is 5.97 Å². The molecule has 1 aromatic rings. The van der Waals surface area contributed by atoms with Crippen LogP contribution in [0.25, 0.3) is 0 Å². The molecule has 0 radical (unpaired) electrons. The lowest BCUT2D eigenvalue weighted by molar-refractivity contribution is -0.147. The molecule has 1 aliphatic rings. The summed E-state index contributed by atoms with van der Waals surface area (Å²) in [4.78, 5) is 16.0. The molecule has 4 nitrogen and oxygen atoms in total. The number of aromatic nitrogens is 2. The third kappa shape index (κ3) is 2.68. The molecule has 0 bridgehead atoms. The highest BCUT2D eigenvalue weighted by molar-refractivity contribution is 5.71. The number of fused-ring (bicyclic) bond motifs is 1. The molecule has 0 spiro atoms.